The van der Waals surface area contributed by atoms with Crippen molar-refractivity contribution in [1.29, 1.82) is 5.26 Å². The zero-order valence-corrected chi connectivity index (χ0v) is 11.0. The predicted octanol–water partition coefficient (Wildman–Crippen LogP) is 0.999. The first-order valence-electron chi connectivity index (χ1n) is 5.99. The quantitative estimate of drug-likeness (QED) is 0.799. The van der Waals surface area contributed by atoms with Crippen molar-refractivity contribution in [1.82, 2.24) is 14.8 Å². The molecule has 1 aromatic rings. The maximum absolute atomic E-state index is 8.59. The van der Waals surface area contributed by atoms with E-state index in [1.54, 1.807) is 11.3 Å². The lowest BCUT2D eigenvalue weighted by Crippen LogP contribution is -2.45. The normalized spacial score (nSPS) is 18.1. The lowest BCUT2D eigenvalue weighted by Gasteiger charge is -2.32. The van der Waals surface area contributed by atoms with Gasteiger partial charge in [0, 0.05) is 44.5 Å². The third-order valence-corrected chi connectivity index (χ3v) is 4.05. The van der Waals surface area contributed by atoms with Crippen LogP contribution in [-0.2, 0) is 12.8 Å². The summed E-state index contributed by atoms with van der Waals surface area (Å²) >= 11 is 1.68. The van der Waals surface area contributed by atoms with Gasteiger partial charge in [0.1, 0.15) is 0 Å². The second-order valence-electron chi connectivity index (χ2n) is 4.46. The van der Waals surface area contributed by atoms with Gasteiger partial charge in [-0.2, -0.15) is 5.26 Å². The van der Waals surface area contributed by atoms with Gasteiger partial charge in [0.05, 0.1) is 23.2 Å². The van der Waals surface area contributed by atoms with Crippen molar-refractivity contribution in [3.8, 4) is 6.07 Å². The number of rotatable bonds is 4. The molecule has 0 unspecified atom stereocenters. The first-order valence-corrected chi connectivity index (χ1v) is 6.87. The number of thiazole rings is 1. The van der Waals surface area contributed by atoms with Gasteiger partial charge in [-0.05, 0) is 7.05 Å². The highest BCUT2D eigenvalue weighted by Gasteiger charge is 2.13. The summed E-state index contributed by atoms with van der Waals surface area (Å²) in [5, 5.41) is 11.8. The van der Waals surface area contributed by atoms with E-state index in [0.29, 0.717) is 6.42 Å². The van der Waals surface area contributed by atoms with Crippen molar-refractivity contribution in [2.75, 3.05) is 39.8 Å². The molecule has 0 amide bonds. The third-order valence-electron chi connectivity index (χ3n) is 3.10. The van der Waals surface area contributed by atoms with Gasteiger partial charge in [-0.1, -0.05) is 0 Å². The molecule has 1 saturated heterocycles. The number of likely N-dealkylation sites (N-methyl/N-ethyl adjacent to an activating group) is 1. The van der Waals surface area contributed by atoms with Crippen LogP contribution in [0.4, 0.5) is 0 Å². The van der Waals surface area contributed by atoms with E-state index in [4.69, 9.17) is 5.26 Å². The molecule has 0 aromatic carbocycles. The third kappa shape index (κ3) is 3.77. The predicted molar refractivity (Wildman–Crippen MR) is 69.1 cm³/mol. The van der Waals surface area contributed by atoms with E-state index >= 15 is 0 Å². The van der Waals surface area contributed by atoms with Gasteiger partial charge in [-0.15, -0.1) is 11.3 Å². The fraction of sp³-hybridized carbons (Fsp3) is 0.667. The second kappa shape index (κ2) is 6.10. The van der Waals surface area contributed by atoms with Crippen molar-refractivity contribution in [3.05, 3.63) is 16.1 Å². The molecule has 0 atom stereocenters. The minimum atomic E-state index is 0.436. The Labute approximate surface area is 106 Å². The smallest absolute Gasteiger partial charge is 0.0941 e. The van der Waals surface area contributed by atoms with Crippen LogP contribution in [0.25, 0.3) is 0 Å². The van der Waals surface area contributed by atoms with E-state index in [1.165, 1.54) is 0 Å². The number of piperazine rings is 1. The van der Waals surface area contributed by atoms with Crippen LogP contribution in [-0.4, -0.2) is 54.6 Å². The molecule has 1 aliphatic rings. The molecule has 0 aliphatic carbocycles. The summed E-state index contributed by atoms with van der Waals surface area (Å²) < 4.78 is 0. The summed E-state index contributed by atoms with van der Waals surface area (Å²) in [6.07, 6.45) is 1.45. The second-order valence-corrected chi connectivity index (χ2v) is 5.41. The summed E-state index contributed by atoms with van der Waals surface area (Å²) in [5.41, 5.74) is 0.922. The average molecular weight is 250 g/mol. The van der Waals surface area contributed by atoms with E-state index in [2.05, 4.69) is 27.9 Å². The molecule has 0 saturated carbocycles. The Bertz CT molecular complexity index is 387. The van der Waals surface area contributed by atoms with Crippen LogP contribution >= 0.6 is 11.3 Å². The number of nitriles is 1. The Morgan fingerprint density at radius 3 is 2.88 bits per heavy atom. The summed E-state index contributed by atoms with van der Waals surface area (Å²) in [7, 11) is 2.17. The van der Waals surface area contributed by atoms with E-state index in [9.17, 15) is 0 Å². The summed E-state index contributed by atoms with van der Waals surface area (Å²) in [6, 6.07) is 2.14. The van der Waals surface area contributed by atoms with Crippen LogP contribution in [0.1, 0.15) is 10.7 Å². The fourth-order valence-corrected chi connectivity index (χ4v) is 2.74. The highest BCUT2D eigenvalue weighted by atomic mass is 32.1. The SMILES string of the molecule is CN1CCN(CCc2nc(CC#N)cs2)CC1. The molecule has 2 rings (SSSR count). The first-order chi connectivity index (χ1) is 8.28. The van der Waals surface area contributed by atoms with Crippen LogP contribution in [0.15, 0.2) is 5.38 Å². The molecule has 0 N–H and O–H groups in total. The highest BCUT2D eigenvalue weighted by molar-refractivity contribution is 7.09. The number of nitrogens with zero attached hydrogens (tertiary/aromatic N) is 4. The van der Waals surface area contributed by atoms with E-state index in [0.717, 1.165) is 49.8 Å². The minimum Gasteiger partial charge on any atom is -0.304 e. The van der Waals surface area contributed by atoms with Gasteiger partial charge in [0.15, 0.2) is 0 Å². The topological polar surface area (TPSA) is 43.2 Å². The lowest BCUT2D eigenvalue weighted by molar-refractivity contribution is 0.155. The zero-order valence-electron chi connectivity index (χ0n) is 10.2. The van der Waals surface area contributed by atoms with Gasteiger partial charge < -0.3 is 9.80 Å². The molecule has 2 heterocycles. The Morgan fingerprint density at radius 1 is 1.41 bits per heavy atom. The largest absolute Gasteiger partial charge is 0.304 e. The van der Waals surface area contributed by atoms with E-state index in [1.807, 2.05) is 5.38 Å². The van der Waals surface area contributed by atoms with Crippen molar-refractivity contribution in [3.63, 3.8) is 0 Å². The Hall–Kier alpha value is -0.960. The number of hydrogen-bond acceptors (Lipinski definition) is 5. The molecule has 0 bridgehead atoms. The molecule has 5 heteroatoms. The average Bonchev–Trinajstić information content (AvgIpc) is 2.77. The van der Waals surface area contributed by atoms with Crippen molar-refractivity contribution >= 4 is 11.3 Å². The number of hydrogen-bond donors (Lipinski definition) is 0. The molecule has 1 fully saturated rings. The summed E-state index contributed by atoms with van der Waals surface area (Å²) in [6.45, 7) is 5.74. The Kier molecular flexibility index (Phi) is 4.49. The number of aromatic nitrogens is 1. The molecule has 1 aliphatic heterocycles. The van der Waals surface area contributed by atoms with Crippen molar-refractivity contribution < 1.29 is 0 Å². The molecule has 1 aromatic heterocycles. The molecular weight excluding hydrogens is 232 g/mol. The van der Waals surface area contributed by atoms with Crippen LogP contribution < -0.4 is 0 Å². The van der Waals surface area contributed by atoms with Gasteiger partial charge in [-0.25, -0.2) is 4.98 Å². The van der Waals surface area contributed by atoms with Crippen LogP contribution in [0.2, 0.25) is 0 Å². The maximum atomic E-state index is 8.59. The Balaban J connectivity index is 1.75. The molecule has 17 heavy (non-hydrogen) atoms. The molecular formula is C12H18N4S. The molecule has 0 spiro atoms. The van der Waals surface area contributed by atoms with E-state index in [-0.39, 0.29) is 0 Å². The highest BCUT2D eigenvalue weighted by Crippen LogP contribution is 2.11. The minimum absolute atomic E-state index is 0.436. The maximum Gasteiger partial charge on any atom is 0.0941 e. The van der Waals surface area contributed by atoms with E-state index < -0.39 is 0 Å². The monoisotopic (exact) mass is 250 g/mol. The van der Waals surface area contributed by atoms with Gasteiger partial charge in [0.25, 0.3) is 0 Å². The van der Waals surface area contributed by atoms with Gasteiger partial charge in [0.2, 0.25) is 0 Å². The molecule has 92 valence electrons. The van der Waals surface area contributed by atoms with Gasteiger partial charge >= 0.3 is 0 Å². The van der Waals surface area contributed by atoms with Gasteiger partial charge in [-0.3, -0.25) is 0 Å². The van der Waals surface area contributed by atoms with Crippen LogP contribution in [0.5, 0.6) is 0 Å². The zero-order chi connectivity index (χ0) is 12.1. The standard InChI is InChI=1S/C12H18N4S/c1-15-6-8-16(9-7-15)5-3-12-14-11(2-4-13)10-17-12/h10H,2-3,5-9H2,1H3. The van der Waals surface area contributed by atoms with Crippen LogP contribution in [0.3, 0.4) is 0 Å². The first kappa shape index (κ1) is 12.5. The molecule has 0 radical (unpaired) electrons. The molecule has 4 nitrogen and oxygen atoms in total. The summed E-state index contributed by atoms with van der Waals surface area (Å²) in [4.78, 5) is 9.32. The van der Waals surface area contributed by atoms with Crippen LogP contribution in [0, 0.1) is 11.3 Å². The van der Waals surface area contributed by atoms with Crippen molar-refractivity contribution in [2.45, 2.75) is 12.8 Å². The lowest BCUT2D eigenvalue weighted by atomic mass is 10.3. The Morgan fingerprint density at radius 2 is 2.18 bits per heavy atom. The van der Waals surface area contributed by atoms with Crippen molar-refractivity contribution in [2.24, 2.45) is 0 Å². The summed E-state index contributed by atoms with van der Waals surface area (Å²) in [5.74, 6) is 0. The fourth-order valence-electron chi connectivity index (χ4n) is 1.95.